The Morgan fingerprint density at radius 2 is 1.33 bits per heavy atom. The molecule has 0 unspecified atom stereocenters. The summed E-state index contributed by atoms with van der Waals surface area (Å²) in [5.41, 5.74) is 0. The first-order chi connectivity index (χ1) is 4.15. The molecule has 5 heteroatoms. The zero-order valence-electron chi connectivity index (χ0n) is 5.53. The molecule has 0 bridgehead atoms. The van der Waals surface area contributed by atoms with Crippen LogP contribution in [0.3, 0.4) is 0 Å². The highest BCUT2D eigenvalue weighted by atomic mass is 79.9. The zero-order valence-corrected chi connectivity index (χ0v) is 11.1. The van der Waals surface area contributed by atoms with Gasteiger partial charge in [0.05, 0.1) is 0 Å². The van der Waals surface area contributed by atoms with Crippen molar-refractivity contribution in [3.05, 3.63) is 0 Å². The van der Waals surface area contributed by atoms with Crippen molar-refractivity contribution in [3.8, 4) is 0 Å². The molecule has 0 saturated heterocycles. The molecule has 56 valence electrons. The van der Waals surface area contributed by atoms with E-state index < -0.39 is 0 Å². The Labute approximate surface area is 86.9 Å². The highest BCUT2D eigenvalue weighted by molar-refractivity contribution is 9.69. The summed E-state index contributed by atoms with van der Waals surface area (Å²) >= 11 is 11.3. The van der Waals surface area contributed by atoms with Crippen molar-refractivity contribution in [2.24, 2.45) is 0 Å². The van der Waals surface area contributed by atoms with Crippen LogP contribution < -0.4 is 0 Å². The van der Waals surface area contributed by atoms with E-state index in [0.717, 1.165) is 0 Å². The molecular weight excluding hydrogens is 331 g/mol. The van der Waals surface area contributed by atoms with Gasteiger partial charge < -0.3 is 0 Å². The van der Waals surface area contributed by atoms with Crippen molar-refractivity contribution >= 4 is 62.2 Å². The van der Waals surface area contributed by atoms with E-state index in [1.54, 1.807) is 0 Å². The normalized spacial score (nSPS) is 7.67. The number of hydrogen-bond donors (Lipinski definition) is 0. The van der Waals surface area contributed by atoms with Crippen molar-refractivity contribution < 1.29 is 0 Å². The summed E-state index contributed by atoms with van der Waals surface area (Å²) in [4.78, 5) is 0. The fourth-order valence-corrected chi connectivity index (χ4v) is 0.612. The lowest BCUT2D eigenvalue weighted by atomic mass is 10.8. The third-order valence-corrected chi connectivity index (χ3v) is 1.22. The maximum atomic E-state index is 3.10. The van der Waals surface area contributed by atoms with Crippen LogP contribution in [0.4, 0.5) is 0 Å². The first kappa shape index (κ1) is 13.4. The van der Waals surface area contributed by atoms with Crippen molar-refractivity contribution in [2.75, 3.05) is 11.5 Å². The fourth-order valence-electron chi connectivity index (χ4n) is 0.204. The summed E-state index contributed by atoms with van der Waals surface area (Å²) in [6, 6.07) is 0. The summed E-state index contributed by atoms with van der Waals surface area (Å²) in [6.07, 6.45) is 0. The molecule has 0 heterocycles. The quantitative estimate of drug-likeness (QED) is 0.687. The van der Waals surface area contributed by atoms with E-state index in [9.17, 15) is 0 Å². The summed E-state index contributed by atoms with van der Waals surface area (Å²) < 4.78 is 0.271. The van der Waals surface area contributed by atoms with Gasteiger partial charge in [0, 0.05) is 0 Å². The van der Waals surface area contributed by atoms with Crippen LogP contribution in [0.2, 0.25) is 0 Å². The fraction of sp³-hybridized carbons (Fsp3) is 1.00. The van der Waals surface area contributed by atoms with Gasteiger partial charge in [-0.1, -0.05) is 13.8 Å². The van der Waals surface area contributed by atoms with Crippen LogP contribution in [0.25, 0.3) is 0 Å². The summed E-state index contributed by atoms with van der Waals surface area (Å²) in [5, 5.41) is 0. The number of rotatable bonds is 2. The predicted octanol–water partition coefficient (Wildman–Crippen LogP) is 3.92. The van der Waals surface area contributed by atoms with Gasteiger partial charge in [-0.05, 0) is 11.5 Å². The van der Waals surface area contributed by atoms with Gasteiger partial charge >= 0.3 is 3.18 Å². The molecule has 0 saturated carbocycles. The molecule has 0 aliphatic heterocycles. The van der Waals surface area contributed by atoms with Crippen molar-refractivity contribution in [2.45, 2.75) is 13.8 Å². The molecule has 0 nitrogen and oxygen atoms in total. The van der Waals surface area contributed by atoms with Crippen molar-refractivity contribution in [1.82, 2.24) is 0 Å². The monoisotopic (exact) mass is 338 g/mol. The van der Waals surface area contributed by atoms with E-state index in [4.69, 9.17) is 0 Å². The van der Waals surface area contributed by atoms with Gasteiger partial charge in [0.2, 0.25) is 0 Å². The van der Waals surface area contributed by atoms with E-state index in [2.05, 4.69) is 61.1 Å². The van der Waals surface area contributed by atoms with Crippen LogP contribution in [0.15, 0.2) is 0 Å². The smallest absolute Gasteiger partial charge is 0.163 e. The molecule has 0 spiro atoms. The van der Waals surface area contributed by atoms with Gasteiger partial charge in [-0.2, -0.15) is 11.8 Å². The Morgan fingerprint density at radius 3 is 1.33 bits per heavy atom. The molecule has 0 aromatic heterocycles. The minimum atomic E-state index is 0.271. The third kappa shape index (κ3) is 40.9. The standard InChI is InChI=1S/C4H10S.BBr3/c1-3-5-4-2;2-1(3)4/h3-4H2,1-2H3;. The van der Waals surface area contributed by atoms with Crippen LogP contribution >= 0.6 is 59.0 Å². The van der Waals surface area contributed by atoms with Crippen LogP contribution in [0.5, 0.6) is 0 Å². The van der Waals surface area contributed by atoms with E-state index >= 15 is 0 Å². The predicted molar refractivity (Wildman–Crippen MR) is 61.2 cm³/mol. The molecule has 0 radical (unpaired) electrons. The van der Waals surface area contributed by atoms with E-state index in [1.165, 1.54) is 11.5 Å². The maximum absolute atomic E-state index is 3.10. The minimum Gasteiger partial charge on any atom is -0.163 e. The number of hydrogen-bond acceptors (Lipinski definition) is 1. The highest BCUT2D eigenvalue weighted by Crippen LogP contribution is 2.07. The minimum absolute atomic E-state index is 0.271. The lowest BCUT2D eigenvalue weighted by Crippen LogP contribution is -1.64. The number of thioether (sulfide) groups is 1. The van der Waals surface area contributed by atoms with Gasteiger partial charge in [-0.15, -0.1) is 47.3 Å². The topological polar surface area (TPSA) is 0 Å². The number of halogens is 3. The molecule has 0 rings (SSSR count). The molecule has 0 N–H and O–H groups in total. The molecule has 0 fully saturated rings. The molecule has 0 aromatic carbocycles. The summed E-state index contributed by atoms with van der Waals surface area (Å²) in [6.45, 7) is 4.35. The van der Waals surface area contributed by atoms with Gasteiger partial charge in [-0.25, -0.2) is 0 Å². The molecule has 0 aromatic rings. The second-order valence-electron chi connectivity index (χ2n) is 1.03. The molecular formula is C4H10BBr3S. The first-order valence-corrected chi connectivity index (χ1v) is 6.55. The van der Waals surface area contributed by atoms with Crippen LogP contribution in [0, 0.1) is 0 Å². The van der Waals surface area contributed by atoms with Gasteiger partial charge in [-0.3, -0.25) is 0 Å². The molecule has 0 aliphatic rings. The second kappa shape index (κ2) is 12.5. The van der Waals surface area contributed by atoms with Gasteiger partial charge in [0.1, 0.15) is 0 Å². The third-order valence-electron chi connectivity index (χ3n) is 0.408. The van der Waals surface area contributed by atoms with Crippen molar-refractivity contribution in [1.29, 1.82) is 0 Å². The Bertz CT molecular complexity index is 40.0. The Kier molecular flexibility index (Phi) is 18.7. The van der Waals surface area contributed by atoms with Gasteiger partial charge in [0.25, 0.3) is 0 Å². The van der Waals surface area contributed by atoms with Crippen LogP contribution in [-0.4, -0.2) is 14.7 Å². The molecule has 9 heavy (non-hydrogen) atoms. The largest absolute Gasteiger partial charge is 0.369 e. The van der Waals surface area contributed by atoms with Crippen LogP contribution in [0.1, 0.15) is 13.8 Å². The summed E-state index contributed by atoms with van der Waals surface area (Å²) in [5.74, 6) is 2.52. The van der Waals surface area contributed by atoms with E-state index in [1.807, 2.05) is 11.8 Å². The van der Waals surface area contributed by atoms with Crippen LogP contribution in [-0.2, 0) is 0 Å². The van der Waals surface area contributed by atoms with Crippen molar-refractivity contribution in [3.63, 3.8) is 0 Å². The van der Waals surface area contributed by atoms with E-state index in [-0.39, 0.29) is 3.18 Å². The first-order valence-electron chi connectivity index (χ1n) is 2.65. The van der Waals surface area contributed by atoms with Gasteiger partial charge in [0.15, 0.2) is 0 Å². The zero-order chi connectivity index (χ0) is 7.70. The Morgan fingerprint density at radius 1 is 1.11 bits per heavy atom. The lowest BCUT2D eigenvalue weighted by Gasteiger charge is -1.80. The molecule has 0 atom stereocenters. The summed E-state index contributed by atoms with van der Waals surface area (Å²) in [7, 11) is 0. The average Bonchev–Trinajstić information content (AvgIpc) is 1.66. The average molecular weight is 341 g/mol. The highest BCUT2D eigenvalue weighted by Gasteiger charge is 1.87. The Balaban J connectivity index is 0. The molecule has 0 aliphatic carbocycles. The molecule has 0 amide bonds. The van der Waals surface area contributed by atoms with E-state index in [0.29, 0.717) is 0 Å². The second-order valence-corrected chi connectivity index (χ2v) is 9.03. The Hall–Kier alpha value is 1.85. The lowest BCUT2D eigenvalue weighted by molar-refractivity contribution is 1.46. The maximum Gasteiger partial charge on any atom is 0.369 e. The SMILES string of the molecule is BrB(Br)Br.CCSCC.